The molecule has 0 bridgehead atoms. The minimum Gasteiger partial charge on any atom is -0.339 e. The predicted molar refractivity (Wildman–Crippen MR) is 57.3 cm³/mol. The van der Waals surface area contributed by atoms with E-state index in [1.165, 1.54) is 19.3 Å². The van der Waals surface area contributed by atoms with Crippen LogP contribution in [-0.4, -0.2) is 10.1 Å². The molecular formula is C11H19N3O. The van der Waals surface area contributed by atoms with Crippen molar-refractivity contribution in [2.24, 2.45) is 11.7 Å². The summed E-state index contributed by atoms with van der Waals surface area (Å²) in [6.07, 6.45) is 3.67. The average molecular weight is 209 g/mol. The molecule has 0 aromatic carbocycles. The summed E-state index contributed by atoms with van der Waals surface area (Å²) in [5, 5.41) is 3.97. The number of rotatable bonds is 2. The summed E-state index contributed by atoms with van der Waals surface area (Å²) in [6, 6.07) is -0.0430. The van der Waals surface area contributed by atoms with Crippen LogP contribution in [0, 0.1) is 5.92 Å². The number of hydrogen-bond donors (Lipinski definition) is 1. The minimum atomic E-state index is -0.0927. The molecule has 2 N–H and O–H groups in total. The standard InChI is InChI=1S/C11H19N3O/c1-11(2,3)10-13-9(14-15-10)8(12)7-5-4-6-7/h7-8H,4-6,12H2,1-3H3. The molecule has 1 aromatic rings. The lowest BCUT2D eigenvalue weighted by Gasteiger charge is -2.29. The van der Waals surface area contributed by atoms with Crippen molar-refractivity contribution in [3.05, 3.63) is 11.7 Å². The Balaban J connectivity index is 2.12. The fourth-order valence-electron chi connectivity index (χ4n) is 1.68. The molecule has 1 fully saturated rings. The van der Waals surface area contributed by atoms with E-state index in [9.17, 15) is 0 Å². The first-order valence-corrected chi connectivity index (χ1v) is 5.58. The van der Waals surface area contributed by atoms with E-state index in [0.29, 0.717) is 17.6 Å². The zero-order chi connectivity index (χ0) is 11.1. The number of nitrogens with two attached hydrogens (primary N) is 1. The lowest BCUT2D eigenvalue weighted by Crippen LogP contribution is -2.27. The SMILES string of the molecule is CC(C)(C)c1nc(C(N)C2CCC2)no1. The van der Waals surface area contributed by atoms with E-state index < -0.39 is 0 Å². The van der Waals surface area contributed by atoms with Gasteiger partial charge in [0.15, 0.2) is 5.82 Å². The molecule has 15 heavy (non-hydrogen) atoms. The number of nitrogens with zero attached hydrogens (tertiary/aromatic N) is 2. The van der Waals surface area contributed by atoms with E-state index in [2.05, 4.69) is 30.9 Å². The molecule has 84 valence electrons. The van der Waals surface area contributed by atoms with E-state index in [1.54, 1.807) is 0 Å². The van der Waals surface area contributed by atoms with Gasteiger partial charge in [-0.3, -0.25) is 0 Å². The molecule has 0 spiro atoms. The summed E-state index contributed by atoms with van der Waals surface area (Å²) in [5.41, 5.74) is 5.98. The molecule has 1 saturated carbocycles. The minimum absolute atomic E-state index is 0.0430. The summed E-state index contributed by atoms with van der Waals surface area (Å²) in [6.45, 7) is 6.16. The van der Waals surface area contributed by atoms with Gasteiger partial charge in [0.2, 0.25) is 5.89 Å². The van der Waals surface area contributed by atoms with Crippen molar-refractivity contribution in [3.63, 3.8) is 0 Å². The van der Waals surface area contributed by atoms with Crippen LogP contribution in [0.25, 0.3) is 0 Å². The van der Waals surface area contributed by atoms with Gasteiger partial charge >= 0.3 is 0 Å². The van der Waals surface area contributed by atoms with Gasteiger partial charge in [-0.2, -0.15) is 4.98 Å². The van der Waals surface area contributed by atoms with E-state index >= 15 is 0 Å². The van der Waals surface area contributed by atoms with Gasteiger partial charge in [0.1, 0.15) is 0 Å². The van der Waals surface area contributed by atoms with Crippen molar-refractivity contribution >= 4 is 0 Å². The van der Waals surface area contributed by atoms with Crippen molar-refractivity contribution in [2.75, 3.05) is 0 Å². The van der Waals surface area contributed by atoms with Gasteiger partial charge in [-0.05, 0) is 18.8 Å². The molecule has 0 amide bonds. The zero-order valence-corrected chi connectivity index (χ0v) is 9.66. The zero-order valence-electron chi connectivity index (χ0n) is 9.66. The fraction of sp³-hybridized carbons (Fsp3) is 0.818. The molecule has 1 aliphatic rings. The van der Waals surface area contributed by atoms with Gasteiger partial charge in [-0.25, -0.2) is 0 Å². The van der Waals surface area contributed by atoms with Crippen molar-refractivity contribution in [1.29, 1.82) is 0 Å². The summed E-state index contributed by atoms with van der Waals surface area (Å²) in [7, 11) is 0. The van der Waals surface area contributed by atoms with Crippen LogP contribution in [0.2, 0.25) is 0 Å². The highest BCUT2D eigenvalue weighted by Gasteiger charge is 2.30. The summed E-state index contributed by atoms with van der Waals surface area (Å²) in [5.74, 6) is 1.90. The maximum absolute atomic E-state index is 6.07. The monoisotopic (exact) mass is 209 g/mol. The highest BCUT2D eigenvalue weighted by molar-refractivity contribution is 5.03. The molecule has 1 heterocycles. The number of hydrogen-bond acceptors (Lipinski definition) is 4. The largest absolute Gasteiger partial charge is 0.339 e. The van der Waals surface area contributed by atoms with Crippen molar-refractivity contribution < 1.29 is 4.52 Å². The summed E-state index contributed by atoms with van der Waals surface area (Å²) >= 11 is 0. The Labute approximate surface area is 90.2 Å². The first-order chi connectivity index (χ1) is 6.98. The predicted octanol–water partition coefficient (Wildman–Crippen LogP) is 2.17. The van der Waals surface area contributed by atoms with E-state index in [-0.39, 0.29) is 11.5 Å². The van der Waals surface area contributed by atoms with Crippen LogP contribution < -0.4 is 5.73 Å². The topological polar surface area (TPSA) is 64.9 Å². The Kier molecular flexibility index (Phi) is 2.54. The van der Waals surface area contributed by atoms with E-state index in [1.807, 2.05) is 0 Å². The molecule has 1 aromatic heterocycles. The van der Waals surface area contributed by atoms with E-state index in [4.69, 9.17) is 10.3 Å². The first kappa shape index (κ1) is 10.6. The normalized spacial score (nSPS) is 20.0. The molecule has 1 aliphatic carbocycles. The van der Waals surface area contributed by atoms with Gasteiger partial charge in [0.05, 0.1) is 6.04 Å². The van der Waals surface area contributed by atoms with Gasteiger partial charge < -0.3 is 10.3 Å². The maximum atomic E-state index is 6.07. The highest BCUT2D eigenvalue weighted by atomic mass is 16.5. The van der Waals surface area contributed by atoms with Crippen LogP contribution in [-0.2, 0) is 5.41 Å². The van der Waals surface area contributed by atoms with Crippen LogP contribution in [0.4, 0.5) is 0 Å². The van der Waals surface area contributed by atoms with Crippen LogP contribution >= 0.6 is 0 Å². The first-order valence-electron chi connectivity index (χ1n) is 5.58. The van der Waals surface area contributed by atoms with Crippen LogP contribution in [0.3, 0.4) is 0 Å². The second-order valence-corrected chi connectivity index (χ2v) is 5.42. The highest BCUT2D eigenvalue weighted by Crippen LogP contribution is 2.35. The van der Waals surface area contributed by atoms with Crippen molar-refractivity contribution in [3.8, 4) is 0 Å². The molecule has 1 atom stereocenters. The number of aromatic nitrogens is 2. The Morgan fingerprint density at radius 3 is 2.47 bits per heavy atom. The van der Waals surface area contributed by atoms with Crippen molar-refractivity contribution in [2.45, 2.75) is 51.5 Å². The lowest BCUT2D eigenvalue weighted by atomic mass is 9.80. The Hall–Kier alpha value is -0.900. The third kappa shape index (κ3) is 2.04. The Morgan fingerprint density at radius 1 is 1.40 bits per heavy atom. The molecule has 0 saturated heterocycles. The molecule has 0 aliphatic heterocycles. The maximum Gasteiger partial charge on any atom is 0.232 e. The van der Waals surface area contributed by atoms with Gasteiger partial charge in [0.25, 0.3) is 0 Å². The molecule has 0 radical (unpaired) electrons. The third-order valence-corrected chi connectivity index (χ3v) is 3.04. The summed E-state index contributed by atoms with van der Waals surface area (Å²) < 4.78 is 5.23. The second kappa shape index (κ2) is 3.59. The summed E-state index contributed by atoms with van der Waals surface area (Å²) in [4.78, 5) is 4.38. The lowest BCUT2D eigenvalue weighted by molar-refractivity contribution is 0.251. The molecule has 4 nitrogen and oxygen atoms in total. The molecular weight excluding hydrogens is 190 g/mol. The Morgan fingerprint density at radius 2 is 2.07 bits per heavy atom. The Bertz CT molecular complexity index is 336. The van der Waals surface area contributed by atoms with Crippen LogP contribution in [0.5, 0.6) is 0 Å². The molecule has 4 heteroatoms. The smallest absolute Gasteiger partial charge is 0.232 e. The molecule has 1 unspecified atom stereocenters. The van der Waals surface area contributed by atoms with Crippen LogP contribution in [0.1, 0.15) is 57.8 Å². The van der Waals surface area contributed by atoms with Gasteiger partial charge in [-0.1, -0.05) is 32.3 Å². The third-order valence-electron chi connectivity index (χ3n) is 3.04. The fourth-order valence-corrected chi connectivity index (χ4v) is 1.68. The van der Waals surface area contributed by atoms with Crippen molar-refractivity contribution in [1.82, 2.24) is 10.1 Å². The van der Waals surface area contributed by atoms with Gasteiger partial charge in [-0.15, -0.1) is 0 Å². The van der Waals surface area contributed by atoms with Gasteiger partial charge in [0, 0.05) is 5.41 Å². The second-order valence-electron chi connectivity index (χ2n) is 5.42. The quantitative estimate of drug-likeness (QED) is 0.810. The molecule has 2 rings (SSSR count). The van der Waals surface area contributed by atoms with E-state index in [0.717, 1.165) is 0 Å². The average Bonchev–Trinajstić information content (AvgIpc) is 2.46. The van der Waals surface area contributed by atoms with Crippen LogP contribution in [0.15, 0.2) is 4.52 Å².